The van der Waals surface area contributed by atoms with E-state index in [1.165, 1.54) is 6.21 Å². The summed E-state index contributed by atoms with van der Waals surface area (Å²) in [4.78, 5) is 24.4. The van der Waals surface area contributed by atoms with E-state index in [1.807, 2.05) is 0 Å². The number of aryl methyl sites for hydroxylation is 1. The van der Waals surface area contributed by atoms with Crippen molar-refractivity contribution in [3.8, 4) is 5.75 Å². The summed E-state index contributed by atoms with van der Waals surface area (Å²) in [6, 6.07) is 13.1. The van der Waals surface area contributed by atoms with Gasteiger partial charge in [0.05, 0.1) is 17.5 Å². The summed E-state index contributed by atoms with van der Waals surface area (Å²) in [6.45, 7) is 1.70. The van der Waals surface area contributed by atoms with Crippen molar-refractivity contribution in [2.45, 2.75) is 6.92 Å². The number of hydrogen-bond donors (Lipinski definition) is 1. The van der Waals surface area contributed by atoms with Crippen LogP contribution in [-0.2, 0) is 0 Å². The molecule has 0 saturated heterocycles. The van der Waals surface area contributed by atoms with Crippen LogP contribution in [0.3, 0.4) is 0 Å². The maximum atomic E-state index is 12.0. The van der Waals surface area contributed by atoms with E-state index in [2.05, 4.69) is 20.1 Å². The quantitative estimate of drug-likeness (QED) is 0.306. The Morgan fingerprint density at radius 2 is 1.85 bits per heavy atom. The van der Waals surface area contributed by atoms with Gasteiger partial charge >= 0.3 is 5.97 Å². The number of rotatable bonds is 5. The molecule has 1 amide bonds. The van der Waals surface area contributed by atoms with Crippen molar-refractivity contribution in [2.24, 2.45) is 5.10 Å². The highest BCUT2D eigenvalue weighted by molar-refractivity contribution is 7.07. The van der Waals surface area contributed by atoms with E-state index in [4.69, 9.17) is 16.3 Å². The largest absolute Gasteiger partial charge is 0.423 e. The van der Waals surface area contributed by atoms with Gasteiger partial charge in [-0.15, -0.1) is 5.10 Å². The minimum Gasteiger partial charge on any atom is -0.423 e. The van der Waals surface area contributed by atoms with Gasteiger partial charge in [0.2, 0.25) is 0 Å². The Morgan fingerprint density at radius 3 is 2.48 bits per heavy atom. The Hall–Kier alpha value is -3.10. The lowest BCUT2D eigenvalue weighted by molar-refractivity contribution is 0.0734. The molecule has 9 heteroatoms. The summed E-state index contributed by atoms with van der Waals surface area (Å²) >= 11 is 6.80. The topological polar surface area (TPSA) is 93.5 Å². The van der Waals surface area contributed by atoms with Crippen molar-refractivity contribution in [2.75, 3.05) is 0 Å². The van der Waals surface area contributed by atoms with E-state index in [0.29, 0.717) is 26.9 Å². The number of hydrazone groups is 1. The van der Waals surface area contributed by atoms with E-state index >= 15 is 0 Å². The van der Waals surface area contributed by atoms with Gasteiger partial charge in [-0.25, -0.2) is 10.2 Å². The standard InChI is InChI=1S/C18H13ClN4O3S/c1-11-16(27-23-21-11)17(24)22-20-10-12-2-8-15(9-3-12)26-18(25)13-4-6-14(19)7-5-13/h2-10H,1H3,(H,22,24). The summed E-state index contributed by atoms with van der Waals surface area (Å²) in [5.74, 6) is -0.455. The fraction of sp³-hybridized carbons (Fsp3) is 0.0556. The van der Waals surface area contributed by atoms with Crippen molar-refractivity contribution < 1.29 is 14.3 Å². The highest BCUT2D eigenvalue weighted by Gasteiger charge is 2.12. The number of esters is 1. The molecule has 136 valence electrons. The lowest BCUT2D eigenvalue weighted by atomic mass is 10.2. The lowest BCUT2D eigenvalue weighted by Gasteiger charge is -2.04. The number of carbonyl (C=O) groups is 2. The third kappa shape index (κ3) is 4.96. The third-order valence-electron chi connectivity index (χ3n) is 3.41. The predicted octanol–water partition coefficient (Wildman–Crippen LogP) is 3.48. The first-order valence-electron chi connectivity index (χ1n) is 7.73. The smallest absolute Gasteiger partial charge is 0.343 e. The average molecular weight is 401 g/mol. The molecule has 0 fully saturated rings. The highest BCUT2D eigenvalue weighted by Crippen LogP contribution is 2.15. The minimum absolute atomic E-state index is 0.368. The third-order valence-corrected chi connectivity index (χ3v) is 4.49. The fourth-order valence-corrected chi connectivity index (χ4v) is 2.70. The number of aromatic nitrogens is 2. The average Bonchev–Trinajstić information content (AvgIpc) is 3.09. The van der Waals surface area contributed by atoms with Gasteiger partial charge in [-0.3, -0.25) is 4.79 Å². The van der Waals surface area contributed by atoms with Crippen LogP contribution >= 0.6 is 23.1 Å². The van der Waals surface area contributed by atoms with Gasteiger partial charge in [0.25, 0.3) is 5.91 Å². The first-order valence-corrected chi connectivity index (χ1v) is 8.88. The summed E-state index contributed by atoms with van der Waals surface area (Å²) in [7, 11) is 0. The minimum atomic E-state index is -0.478. The normalized spacial score (nSPS) is 10.7. The number of ether oxygens (including phenoxy) is 1. The first kappa shape index (κ1) is 18.7. The van der Waals surface area contributed by atoms with Crippen LogP contribution in [0.1, 0.15) is 31.3 Å². The van der Waals surface area contributed by atoms with Gasteiger partial charge in [0.1, 0.15) is 10.6 Å². The van der Waals surface area contributed by atoms with Crippen LogP contribution in [0, 0.1) is 6.92 Å². The molecular weight excluding hydrogens is 388 g/mol. The molecular formula is C18H13ClN4O3S. The number of nitrogens with zero attached hydrogens (tertiary/aromatic N) is 3. The second-order valence-corrected chi connectivity index (χ2v) is 6.54. The molecule has 1 heterocycles. The maximum absolute atomic E-state index is 12.0. The fourth-order valence-electron chi connectivity index (χ4n) is 2.03. The van der Waals surface area contributed by atoms with Gasteiger partial charge in [0.15, 0.2) is 0 Å². The molecule has 3 aromatic rings. The molecule has 3 rings (SSSR count). The van der Waals surface area contributed by atoms with E-state index in [0.717, 1.165) is 17.1 Å². The maximum Gasteiger partial charge on any atom is 0.343 e. The van der Waals surface area contributed by atoms with E-state index in [9.17, 15) is 9.59 Å². The number of carbonyl (C=O) groups excluding carboxylic acids is 2. The Labute approximate surface area is 163 Å². The number of hydrogen-bond acceptors (Lipinski definition) is 7. The Morgan fingerprint density at radius 1 is 1.15 bits per heavy atom. The molecule has 0 atom stereocenters. The summed E-state index contributed by atoms with van der Waals surface area (Å²) < 4.78 is 8.99. The molecule has 1 aromatic heterocycles. The molecule has 0 unspecified atom stereocenters. The van der Waals surface area contributed by atoms with E-state index in [-0.39, 0.29) is 5.91 Å². The Kier molecular flexibility index (Phi) is 5.90. The molecule has 0 saturated carbocycles. The monoisotopic (exact) mass is 400 g/mol. The van der Waals surface area contributed by atoms with Crippen molar-refractivity contribution >= 4 is 41.2 Å². The molecule has 0 aliphatic carbocycles. The molecule has 27 heavy (non-hydrogen) atoms. The Bertz CT molecular complexity index is 985. The number of benzene rings is 2. The van der Waals surface area contributed by atoms with E-state index < -0.39 is 5.97 Å². The zero-order valence-corrected chi connectivity index (χ0v) is 15.6. The van der Waals surface area contributed by atoms with Crippen molar-refractivity contribution in [3.05, 3.63) is 75.3 Å². The van der Waals surface area contributed by atoms with Gasteiger partial charge < -0.3 is 4.74 Å². The second-order valence-electron chi connectivity index (χ2n) is 5.35. The van der Waals surface area contributed by atoms with Gasteiger partial charge in [0, 0.05) is 5.02 Å². The van der Waals surface area contributed by atoms with Crippen LogP contribution in [0.4, 0.5) is 0 Å². The van der Waals surface area contributed by atoms with Gasteiger partial charge in [-0.1, -0.05) is 16.1 Å². The summed E-state index contributed by atoms with van der Waals surface area (Å²) in [5, 5.41) is 8.21. The first-order chi connectivity index (χ1) is 13.0. The van der Waals surface area contributed by atoms with Crippen molar-refractivity contribution in [3.63, 3.8) is 0 Å². The van der Waals surface area contributed by atoms with Crippen molar-refractivity contribution in [1.29, 1.82) is 0 Å². The zero-order valence-electron chi connectivity index (χ0n) is 14.0. The molecule has 0 aliphatic heterocycles. The molecule has 0 spiro atoms. The zero-order chi connectivity index (χ0) is 19.2. The second kappa shape index (κ2) is 8.52. The molecule has 0 bridgehead atoms. The van der Waals surface area contributed by atoms with Crippen LogP contribution in [0.2, 0.25) is 5.02 Å². The molecule has 0 radical (unpaired) electrons. The molecule has 7 nitrogen and oxygen atoms in total. The molecule has 1 N–H and O–H groups in total. The van der Waals surface area contributed by atoms with Crippen LogP contribution in [0.25, 0.3) is 0 Å². The predicted molar refractivity (Wildman–Crippen MR) is 103 cm³/mol. The number of amides is 1. The summed E-state index contributed by atoms with van der Waals surface area (Å²) in [5.41, 5.74) is 4.09. The Balaban J connectivity index is 1.57. The SMILES string of the molecule is Cc1nnsc1C(=O)NN=Cc1ccc(OC(=O)c2ccc(Cl)cc2)cc1. The van der Waals surface area contributed by atoms with E-state index in [1.54, 1.807) is 55.5 Å². The van der Waals surface area contributed by atoms with Crippen LogP contribution in [0.5, 0.6) is 5.75 Å². The number of nitrogens with one attached hydrogen (secondary N) is 1. The van der Waals surface area contributed by atoms with Crippen LogP contribution in [0.15, 0.2) is 53.6 Å². The highest BCUT2D eigenvalue weighted by atomic mass is 35.5. The van der Waals surface area contributed by atoms with Gasteiger partial charge in [-0.2, -0.15) is 5.10 Å². The summed E-state index contributed by atoms with van der Waals surface area (Å²) in [6.07, 6.45) is 1.48. The van der Waals surface area contributed by atoms with Gasteiger partial charge in [-0.05, 0) is 72.6 Å². The lowest BCUT2D eigenvalue weighted by Crippen LogP contribution is -2.17. The van der Waals surface area contributed by atoms with Crippen LogP contribution < -0.4 is 10.2 Å². The molecule has 2 aromatic carbocycles. The molecule has 0 aliphatic rings. The van der Waals surface area contributed by atoms with Crippen LogP contribution in [-0.4, -0.2) is 27.7 Å². The van der Waals surface area contributed by atoms with Crippen molar-refractivity contribution in [1.82, 2.24) is 15.0 Å². The number of halogens is 1.